The monoisotopic (exact) mass is 296 g/mol. The molecule has 0 radical (unpaired) electrons. The van der Waals surface area contributed by atoms with Crippen LogP contribution in [0.5, 0.6) is 0 Å². The van der Waals surface area contributed by atoms with Crippen molar-refractivity contribution in [3.63, 3.8) is 0 Å². The minimum atomic E-state index is -0.775. The zero-order chi connectivity index (χ0) is 15.7. The van der Waals surface area contributed by atoms with Gasteiger partial charge in [-0.1, -0.05) is 13.8 Å². The summed E-state index contributed by atoms with van der Waals surface area (Å²) in [6.07, 6.45) is 3.20. The quantitative estimate of drug-likeness (QED) is 0.859. The normalized spacial score (nSPS) is 25.8. The predicted molar refractivity (Wildman–Crippen MR) is 80.8 cm³/mol. The lowest BCUT2D eigenvalue weighted by Crippen LogP contribution is -2.74. The molecular weight excluding hydrogens is 268 g/mol. The van der Waals surface area contributed by atoms with E-state index in [1.54, 1.807) is 0 Å². The van der Waals surface area contributed by atoms with Gasteiger partial charge in [-0.05, 0) is 45.4 Å². The van der Waals surface area contributed by atoms with E-state index in [4.69, 9.17) is 4.74 Å². The van der Waals surface area contributed by atoms with Crippen LogP contribution in [0, 0.1) is 5.92 Å². The Labute approximate surface area is 127 Å². The van der Waals surface area contributed by atoms with Crippen molar-refractivity contribution in [3.05, 3.63) is 0 Å². The molecule has 1 N–H and O–H groups in total. The molecule has 0 saturated carbocycles. The first-order valence-electron chi connectivity index (χ1n) is 8.10. The van der Waals surface area contributed by atoms with E-state index in [2.05, 4.69) is 5.32 Å². The Morgan fingerprint density at radius 1 is 1.19 bits per heavy atom. The third kappa shape index (κ3) is 2.80. The summed E-state index contributed by atoms with van der Waals surface area (Å²) in [4.78, 5) is 27.4. The first-order valence-corrected chi connectivity index (χ1v) is 8.10. The van der Waals surface area contributed by atoms with E-state index in [1.807, 2.05) is 32.6 Å². The van der Waals surface area contributed by atoms with E-state index in [9.17, 15) is 9.59 Å². The average Bonchev–Trinajstić information content (AvgIpc) is 2.49. The van der Waals surface area contributed by atoms with Crippen LogP contribution in [0.1, 0.15) is 53.4 Å². The number of hydrogen-bond donors (Lipinski definition) is 1. The van der Waals surface area contributed by atoms with Crippen LogP contribution in [0.3, 0.4) is 0 Å². The summed E-state index contributed by atoms with van der Waals surface area (Å²) < 4.78 is 5.39. The lowest BCUT2D eigenvalue weighted by molar-refractivity contribution is -0.163. The number of carbonyl (C=O) groups is 2. The molecule has 5 nitrogen and oxygen atoms in total. The molecule has 2 fully saturated rings. The van der Waals surface area contributed by atoms with Gasteiger partial charge in [-0.2, -0.15) is 0 Å². The molecule has 120 valence electrons. The maximum absolute atomic E-state index is 13.0. The van der Waals surface area contributed by atoms with Gasteiger partial charge in [0.05, 0.1) is 0 Å². The Kier molecular flexibility index (Phi) is 4.61. The van der Waals surface area contributed by atoms with Crippen LogP contribution < -0.4 is 5.32 Å². The number of nitrogens with zero attached hydrogens (tertiary/aromatic N) is 1. The molecule has 2 heterocycles. The van der Waals surface area contributed by atoms with Gasteiger partial charge >= 0.3 is 0 Å². The van der Waals surface area contributed by atoms with E-state index in [0.717, 1.165) is 26.1 Å². The number of amides is 2. The summed E-state index contributed by atoms with van der Waals surface area (Å²) in [6, 6.07) is 0. The molecule has 0 unspecified atom stereocenters. The van der Waals surface area contributed by atoms with Gasteiger partial charge in [-0.25, -0.2) is 0 Å². The molecular formula is C16H28N2O3. The molecule has 0 aliphatic carbocycles. The number of piperazine rings is 1. The van der Waals surface area contributed by atoms with Crippen LogP contribution in [0.25, 0.3) is 0 Å². The highest BCUT2D eigenvalue weighted by Crippen LogP contribution is 2.32. The molecule has 5 heteroatoms. The number of ether oxygens (including phenoxy) is 1. The lowest BCUT2D eigenvalue weighted by atomic mass is 9.82. The van der Waals surface area contributed by atoms with Crippen LogP contribution in [-0.4, -0.2) is 47.6 Å². The van der Waals surface area contributed by atoms with Crippen LogP contribution in [0.2, 0.25) is 0 Å². The fourth-order valence-electron chi connectivity index (χ4n) is 3.29. The molecule has 21 heavy (non-hydrogen) atoms. The first kappa shape index (κ1) is 16.3. The van der Waals surface area contributed by atoms with E-state index < -0.39 is 11.1 Å². The van der Waals surface area contributed by atoms with Gasteiger partial charge in [-0.3, -0.25) is 9.59 Å². The largest absolute Gasteiger partial charge is 0.381 e. The number of hydrogen-bond acceptors (Lipinski definition) is 3. The highest BCUT2D eigenvalue weighted by molar-refractivity contribution is 6.01. The fraction of sp³-hybridized carbons (Fsp3) is 0.875. The number of nitrogens with one attached hydrogen (secondary N) is 1. The Bertz CT molecular complexity index is 410. The molecule has 0 aromatic heterocycles. The maximum Gasteiger partial charge on any atom is 0.249 e. The summed E-state index contributed by atoms with van der Waals surface area (Å²) in [5, 5.41) is 2.98. The van der Waals surface area contributed by atoms with Crippen molar-refractivity contribution in [1.29, 1.82) is 0 Å². The SMILES string of the molecule is CCC1(CC)NC(=O)C(C)(C)N(CC2CCOCC2)C1=O. The van der Waals surface area contributed by atoms with Gasteiger partial charge < -0.3 is 15.0 Å². The molecule has 0 bridgehead atoms. The Hall–Kier alpha value is -1.10. The Morgan fingerprint density at radius 2 is 1.76 bits per heavy atom. The minimum absolute atomic E-state index is 0.0436. The highest BCUT2D eigenvalue weighted by Gasteiger charge is 2.53. The second-order valence-electron chi connectivity index (χ2n) is 6.77. The molecule has 0 aromatic carbocycles. The Balaban J connectivity index is 2.24. The first-order chi connectivity index (χ1) is 9.87. The molecule has 2 saturated heterocycles. The van der Waals surface area contributed by atoms with Crippen molar-refractivity contribution in [1.82, 2.24) is 10.2 Å². The van der Waals surface area contributed by atoms with Crippen molar-refractivity contribution in [2.75, 3.05) is 19.8 Å². The lowest BCUT2D eigenvalue weighted by Gasteiger charge is -2.50. The summed E-state index contributed by atoms with van der Waals surface area (Å²) in [5.41, 5.74) is -1.50. The van der Waals surface area contributed by atoms with E-state index in [-0.39, 0.29) is 11.8 Å². The topological polar surface area (TPSA) is 58.6 Å². The molecule has 0 atom stereocenters. The van der Waals surface area contributed by atoms with Crippen molar-refractivity contribution < 1.29 is 14.3 Å². The molecule has 2 aliphatic heterocycles. The summed E-state index contributed by atoms with van der Waals surface area (Å²) in [5.74, 6) is 0.459. The highest BCUT2D eigenvalue weighted by atomic mass is 16.5. The summed E-state index contributed by atoms with van der Waals surface area (Å²) in [7, 11) is 0. The molecule has 2 rings (SSSR count). The molecule has 2 aliphatic rings. The predicted octanol–water partition coefficient (Wildman–Crippen LogP) is 1.71. The summed E-state index contributed by atoms with van der Waals surface area (Å²) >= 11 is 0. The molecule has 0 aromatic rings. The number of rotatable bonds is 4. The Morgan fingerprint density at radius 3 is 2.29 bits per heavy atom. The number of carbonyl (C=O) groups excluding carboxylic acids is 2. The van der Waals surface area contributed by atoms with E-state index >= 15 is 0 Å². The van der Waals surface area contributed by atoms with E-state index in [0.29, 0.717) is 25.3 Å². The fourth-order valence-corrected chi connectivity index (χ4v) is 3.29. The summed E-state index contributed by atoms with van der Waals surface area (Å²) in [6.45, 7) is 9.78. The molecule has 0 spiro atoms. The van der Waals surface area contributed by atoms with Crippen molar-refractivity contribution in [2.45, 2.75) is 64.5 Å². The maximum atomic E-state index is 13.0. The minimum Gasteiger partial charge on any atom is -0.381 e. The third-order valence-electron chi connectivity index (χ3n) is 5.23. The van der Waals surface area contributed by atoms with Gasteiger partial charge in [0.15, 0.2) is 0 Å². The van der Waals surface area contributed by atoms with Crippen LogP contribution in [0.4, 0.5) is 0 Å². The van der Waals surface area contributed by atoms with Gasteiger partial charge in [0, 0.05) is 19.8 Å². The van der Waals surface area contributed by atoms with Gasteiger partial charge in [0.25, 0.3) is 0 Å². The van der Waals surface area contributed by atoms with E-state index in [1.165, 1.54) is 0 Å². The standard InChI is InChI=1S/C16H28N2O3/c1-5-16(6-2)14(20)18(15(3,4)13(19)17-16)11-12-7-9-21-10-8-12/h12H,5-11H2,1-4H3,(H,17,19). The van der Waals surface area contributed by atoms with Crippen molar-refractivity contribution in [3.8, 4) is 0 Å². The average molecular weight is 296 g/mol. The van der Waals surface area contributed by atoms with Gasteiger partial charge in [0.2, 0.25) is 11.8 Å². The smallest absolute Gasteiger partial charge is 0.249 e. The second kappa shape index (κ2) is 5.95. The van der Waals surface area contributed by atoms with Crippen molar-refractivity contribution in [2.24, 2.45) is 5.92 Å². The van der Waals surface area contributed by atoms with Crippen LogP contribution in [0.15, 0.2) is 0 Å². The van der Waals surface area contributed by atoms with Gasteiger partial charge in [-0.15, -0.1) is 0 Å². The third-order valence-corrected chi connectivity index (χ3v) is 5.23. The van der Waals surface area contributed by atoms with Crippen LogP contribution >= 0.6 is 0 Å². The van der Waals surface area contributed by atoms with Crippen LogP contribution in [-0.2, 0) is 14.3 Å². The van der Waals surface area contributed by atoms with Crippen molar-refractivity contribution >= 4 is 11.8 Å². The van der Waals surface area contributed by atoms with Gasteiger partial charge in [0.1, 0.15) is 11.1 Å². The zero-order valence-electron chi connectivity index (χ0n) is 13.7. The second-order valence-corrected chi connectivity index (χ2v) is 6.77. The zero-order valence-corrected chi connectivity index (χ0v) is 13.7. The molecule has 2 amide bonds.